The zero-order valence-corrected chi connectivity index (χ0v) is 16.5. The predicted octanol–water partition coefficient (Wildman–Crippen LogP) is 2.43. The molecule has 150 valence electrons. The summed E-state index contributed by atoms with van der Waals surface area (Å²) < 4.78 is 6.38. The fourth-order valence-corrected chi connectivity index (χ4v) is 3.82. The van der Waals surface area contributed by atoms with E-state index in [2.05, 4.69) is 85.5 Å². The van der Waals surface area contributed by atoms with Crippen LogP contribution >= 0.6 is 0 Å². The quantitative estimate of drug-likeness (QED) is 0.602. The summed E-state index contributed by atoms with van der Waals surface area (Å²) in [7, 11) is 1.34. The molecule has 0 amide bonds. The molecule has 1 aliphatic heterocycles. The highest BCUT2D eigenvalue weighted by atomic mass is 16.5. The van der Waals surface area contributed by atoms with Crippen LogP contribution in [0.1, 0.15) is 27.7 Å². The van der Waals surface area contributed by atoms with E-state index in [0.717, 1.165) is 26.2 Å². The number of esters is 1. The first kappa shape index (κ1) is 19.3. The van der Waals surface area contributed by atoms with Crippen molar-refractivity contribution in [3.05, 3.63) is 83.7 Å². The van der Waals surface area contributed by atoms with Crippen molar-refractivity contribution < 1.29 is 9.53 Å². The van der Waals surface area contributed by atoms with Crippen LogP contribution in [0.5, 0.6) is 0 Å². The molecular formula is C22H25N5O2. The molecule has 4 rings (SSSR count). The van der Waals surface area contributed by atoms with Gasteiger partial charge in [0.2, 0.25) is 0 Å². The molecule has 29 heavy (non-hydrogen) atoms. The number of piperazine rings is 1. The van der Waals surface area contributed by atoms with Crippen LogP contribution in [0, 0.1) is 0 Å². The number of carbonyl (C=O) groups is 1. The van der Waals surface area contributed by atoms with Gasteiger partial charge in [-0.3, -0.25) is 9.80 Å². The fourth-order valence-electron chi connectivity index (χ4n) is 3.82. The average Bonchev–Trinajstić information content (AvgIpc) is 3.25. The molecule has 7 nitrogen and oxygen atoms in total. The molecular weight excluding hydrogens is 366 g/mol. The van der Waals surface area contributed by atoms with E-state index in [1.165, 1.54) is 18.2 Å². The van der Waals surface area contributed by atoms with Crippen LogP contribution in [0.25, 0.3) is 0 Å². The van der Waals surface area contributed by atoms with Crippen molar-refractivity contribution in [1.82, 2.24) is 24.8 Å². The molecule has 0 N–H and O–H groups in total. The molecule has 0 atom stereocenters. The highest BCUT2D eigenvalue weighted by Gasteiger charge is 2.26. The zero-order chi connectivity index (χ0) is 20.1. The van der Waals surface area contributed by atoms with Gasteiger partial charge in [-0.15, -0.1) is 5.10 Å². The Morgan fingerprint density at radius 3 is 2.10 bits per heavy atom. The van der Waals surface area contributed by atoms with Crippen molar-refractivity contribution in [3.8, 4) is 0 Å². The lowest BCUT2D eigenvalue weighted by Crippen LogP contribution is -2.48. The number of carbonyl (C=O) groups excluding carboxylic acids is 1. The first-order chi connectivity index (χ1) is 14.2. The van der Waals surface area contributed by atoms with Crippen LogP contribution in [-0.4, -0.2) is 64.1 Å². The van der Waals surface area contributed by atoms with Gasteiger partial charge in [-0.1, -0.05) is 65.9 Å². The molecule has 2 heterocycles. The smallest absolute Gasteiger partial charge is 0.360 e. The van der Waals surface area contributed by atoms with E-state index in [0.29, 0.717) is 6.67 Å². The molecule has 0 saturated carbocycles. The second kappa shape index (κ2) is 8.98. The number of benzene rings is 2. The maximum atomic E-state index is 11.5. The number of nitrogens with zero attached hydrogens (tertiary/aromatic N) is 5. The van der Waals surface area contributed by atoms with Crippen LogP contribution < -0.4 is 0 Å². The fraction of sp³-hybridized carbons (Fsp3) is 0.318. The van der Waals surface area contributed by atoms with Crippen LogP contribution in [0.2, 0.25) is 0 Å². The van der Waals surface area contributed by atoms with Crippen molar-refractivity contribution in [2.75, 3.05) is 33.3 Å². The lowest BCUT2D eigenvalue weighted by atomic mass is 9.96. The van der Waals surface area contributed by atoms with Crippen LogP contribution in [0.15, 0.2) is 66.9 Å². The van der Waals surface area contributed by atoms with Gasteiger partial charge in [0.05, 0.1) is 26.0 Å². The zero-order valence-electron chi connectivity index (χ0n) is 16.5. The summed E-state index contributed by atoms with van der Waals surface area (Å²) >= 11 is 0. The van der Waals surface area contributed by atoms with E-state index in [1.54, 1.807) is 10.9 Å². The van der Waals surface area contributed by atoms with Gasteiger partial charge in [0, 0.05) is 26.2 Å². The van der Waals surface area contributed by atoms with Gasteiger partial charge in [0.25, 0.3) is 0 Å². The molecule has 1 saturated heterocycles. The largest absolute Gasteiger partial charge is 0.464 e. The molecule has 0 unspecified atom stereocenters. The Kier molecular flexibility index (Phi) is 5.97. The third-order valence-electron chi connectivity index (χ3n) is 5.28. The molecule has 7 heteroatoms. The molecule has 0 bridgehead atoms. The normalized spacial score (nSPS) is 15.5. The van der Waals surface area contributed by atoms with Gasteiger partial charge in [0.15, 0.2) is 5.69 Å². The predicted molar refractivity (Wildman–Crippen MR) is 109 cm³/mol. The molecule has 0 radical (unpaired) electrons. The molecule has 1 aromatic heterocycles. The topological polar surface area (TPSA) is 63.5 Å². The molecule has 1 fully saturated rings. The average molecular weight is 391 g/mol. The van der Waals surface area contributed by atoms with Crippen molar-refractivity contribution in [2.45, 2.75) is 12.7 Å². The second-order valence-electron chi connectivity index (χ2n) is 7.15. The number of ether oxygens (including phenoxy) is 1. The summed E-state index contributed by atoms with van der Waals surface area (Å²) in [5, 5.41) is 7.92. The third kappa shape index (κ3) is 4.52. The summed E-state index contributed by atoms with van der Waals surface area (Å²) in [5.41, 5.74) is 2.86. The lowest BCUT2D eigenvalue weighted by Gasteiger charge is -2.39. The minimum Gasteiger partial charge on any atom is -0.464 e. The van der Waals surface area contributed by atoms with E-state index in [-0.39, 0.29) is 11.7 Å². The van der Waals surface area contributed by atoms with Gasteiger partial charge >= 0.3 is 5.97 Å². The third-order valence-corrected chi connectivity index (χ3v) is 5.28. The minimum absolute atomic E-state index is 0.236. The number of aromatic nitrogens is 3. The monoisotopic (exact) mass is 391 g/mol. The number of hydrogen-bond acceptors (Lipinski definition) is 6. The summed E-state index contributed by atoms with van der Waals surface area (Å²) in [5.74, 6) is -0.463. The van der Waals surface area contributed by atoms with Gasteiger partial charge in [-0.25, -0.2) is 9.48 Å². The first-order valence-electron chi connectivity index (χ1n) is 9.79. The van der Waals surface area contributed by atoms with Gasteiger partial charge in [-0.2, -0.15) is 0 Å². The number of hydrogen-bond donors (Lipinski definition) is 0. The van der Waals surface area contributed by atoms with E-state index in [9.17, 15) is 4.79 Å². The molecule has 0 aliphatic carbocycles. The Morgan fingerprint density at radius 2 is 1.55 bits per heavy atom. The Morgan fingerprint density at radius 1 is 0.966 bits per heavy atom. The Hall–Kier alpha value is -3.03. The maximum Gasteiger partial charge on any atom is 0.360 e. The van der Waals surface area contributed by atoms with E-state index in [4.69, 9.17) is 0 Å². The van der Waals surface area contributed by atoms with Crippen LogP contribution in [0.4, 0.5) is 0 Å². The summed E-state index contributed by atoms with van der Waals surface area (Å²) in [6.07, 6.45) is 1.63. The molecule has 2 aromatic carbocycles. The Balaban J connectivity index is 1.43. The Bertz CT molecular complexity index is 881. The van der Waals surface area contributed by atoms with Crippen LogP contribution in [0.3, 0.4) is 0 Å². The van der Waals surface area contributed by atoms with Gasteiger partial charge in [0.1, 0.15) is 0 Å². The standard InChI is InChI=1S/C22H25N5O2/c1-29-22(28)20-16-27(24-23-20)17-25-12-14-26(15-13-25)21(18-8-4-2-5-9-18)19-10-6-3-7-11-19/h2-11,16,21H,12-15,17H2,1H3. The molecule has 1 aliphatic rings. The Labute approximate surface area is 170 Å². The van der Waals surface area contributed by atoms with E-state index in [1.807, 2.05) is 0 Å². The summed E-state index contributed by atoms with van der Waals surface area (Å²) in [4.78, 5) is 16.4. The van der Waals surface area contributed by atoms with E-state index < -0.39 is 5.97 Å². The maximum absolute atomic E-state index is 11.5. The van der Waals surface area contributed by atoms with E-state index >= 15 is 0 Å². The summed E-state index contributed by atoms with van der Waals surface area (Å²) in [6.45, 7) is 4.35. The van der Waals surface area contributed by atoms with Gasteiger partial charge < -0.3 is 4.74 Å². The SMILES string of the molecule is COC(=O)c1cn(CN2CCN(C(c3ccccc3)c3ccccc3)CC2)nn1. The first-order valence-corrected chi connectivity index (χ1v) is 9.79. The summed E-state index contributed by atoms with van der Waals surface area (Å²) in [6, 6.07) is 21.6. The lowest BCUT2D eigenvalue weighted by molar-refractivity contribution is 0.0593. The number of rotatable bonds is 6. The number of methoxy groups -OCH3 is 1. The van der Waals surface area contributed by atoms with Crippen molar-refractivity contribution in [1.29, 1.82) is 0 Å². The van der Waals surface area contributed by atoms with Crippen LogP contribution in [-0.2, 0) is 11.4 Å². The molecule has 0 spiro atoms. The molecule has 3 aromatic rings. The van der Waals surface area contributed by atoms with Crippen molar-refractivity contribution >= 4 is 5.97 Å². The second-order valence-corrected chi connectivity index (χ2v) is 7.15. The van der Waals surface area contributed by atoms with Gasteiger partial charge in [-0.05, 0) is 11.1 Å². The highest BCUT2D eigenvalue weighted by molar-refractivity contribution is 5.86. The highest BCUT2D eigenvalue weighted by Crippen LogP contribution is 2.29. The minimum atomic E-state index is -0.463. The van der Waals surface area contributed by atoms with Crippen molar-refractivity contribution in [2.24, 2.45) is 0 Å². The van der Waals surface area contributed by atoms with Crippen molar-refractivity contribution in [3.63, 3.8) is 0 Å².